The van der Waals surface area contributed by atoms with Gasteiger partial charge in [-0.3, -0.25) is 4.79 Å². The van der Waals surface area contributed by atoms with Crippen LogP contribution in [0.4, 0.5) is 0 Å². The number of hydrogen-bond donors (Lipinski definition) is 0. The molecule has 3 rings (SSSR count). The van der Waals surface area contributed by atoms with E-state index in [9.17, 15) is 4.79 Å². The maximum absolute atomic E-state index is 12.8. The number of allylic oxidation sites excluding steroid dienone is 1. The lowest BCUT2D eigenvalue weighted by molar-refractivity contribution is 0.104. The number of benzene rings is 3. The molecule has 0 amide bonds. The van der Waals surface area contributed by atoms with Gasteiger partial charge in [0, 0.05) is 11.1 Å². The van der Waals surface area contributed by atoms with Crippen molar-refractivity contribution in [2.45, 2.75) is 0 Å². The molecule has 0 N–H and O–H groups in total. The number of hydrogen-bond acceptors (Lipinski definition) is 5. The SMILES string of the molecule is COc1cc(C(=O)/C=C/c2c(OC)ccc3ccccc23)cc(OC)c1OC. The van der Waals surface area contributed by atoms with Crippen LogP contribution in [-0.2, 0) is 0 Å². The van der Waals surface area contributed by atoms with Gasteiger partial charge >= 0.3 is 0 Å². The molecular weight excluding hydrogens is 356 g/mol. The molecule has 0 heterocycles. The van der Waals surface area contributed by atoms with Crippen LogP contribution in [0.25, 0.3) is 16.8 Å². The molecule has 5 nitrogen and oxygen atoms in total. The predicted molar refractivity (Wildman–Crippen MR) is 110 cm³/mol. The summed E-state index contributed by atoms with van der Waals surface area (Å²) in [5.41, 5.74) is 1.28. The number of ketones is 1. The minimum absolute atomic E-state index is 0.186. The molecule has 0 aliphatic rings. The monoisotopic (exact) mass is 378 g/mol. The second-order valence-corrected chi connectivity index (χ2v) is 6.01. The minimum atomic E-state index is -0.186. The van der Waals surface area contributed by atoms with Gasteiger partial charge in [0.2, 0.25) is 5.75 Å². The molecule has 0 spiro atoms. The van der Waals surface area contributed by atoms with Gasteiger partial charge in [-0.1, -0.05) is 30.3 Å². The quantitative estimate of drug-likeness (QED) is 0.438. The topological polar surface area (TPSA) is 54.0 Å². The highest BCUT2D eigenvalue weighted by molar-refractivity contribution is 6.09. The lowest BCUT2D eigenvalue weighted by atomic mass is 10.0. The minimum Gasteiger partial charge on any atom is -0.496 e. The summed E-state index contributed by atoms with van der Waals surface area (Å²) in [6.45, 7) is 0. The lowest BCUT2D eigenvalue weighted by Gasteiger charge is -2.13. The van der Waals surface area contributed by atoms with Gasteiger partial charge in [0.15, 0.2) is 17.3 Å². The van der Waals surface area contributed by atoms with E-state index in [-0.39, 0.29) is 5.78 Å². The number of rotatable bonds is 7. The molecule has 0 fully saturated rings. The van der Waals surface area contributed by atoms with E-state index in [1.165, 1.54) is 27.4 Å². The zero-order valence-electron chi connectivity index (χ0n) is 16.3. The first kappa shape index (κ1) is 19.3. The van der Waals surface area contributed by atoms with Crippen molar-refractivity contribution in [1.82, 2.24) is 0 Å². The highest BCUT2D eigenvalue weighted by Gasteiger charge is 2.16. The van der Waals surface area contributed by atoms with Gasteiger partial charge < -0.3 is 18.9 Å². The largest absolute Gasteiger partial charge is 0.496 e. The molecule has 3 aromatic rings. The molecule has 0 saturated carbocycles. The van der Waals surface area contributed by atoms with E-state index in [0.717, 1.165) is 16.3 Å². The second kappa shape index (κ2) is 8.48. The Bertz CT molecular complexity index is 1010. The fraction of sp³-hybridized carbons (Fsp3) is 0.174. The van der Waals surface area contributed by atoms with Crippen LogP contribution >= 0.6 is 0 Å². The van der Waals surface area contributed by atoms with Crippen LogP contribution in [0.3, 0.4) is 0 Å². The average molecular weight is 378 g/mol. The third kappa shape index (κ3) is 3.64. The molecule has 0 aliphatic heterocycles. The fourth-order valence-electron chi connectivity index (χ4n) is 3.10. The fourth-order valence-corrected chi connectivity index (χ4v) is 3.10. The van der Waals surface area contributed by atoms with E-state index < -0.39 is 0 Å². The number of ether oxygens (including phenoxy) is 4. The molecule has 5 heteroatoms. The molecule has 0 aromatic heterocycles. The molecular formula is C23H22O5. The highest BCUT2D eigenvalue weighted by atomic mass is 16.5. The Hall–Kier alpha value is -3.47. The number of fused-ring (bicyclic) bond motifs is 1. The van der Waals surface area contributed by atoms with Gasteiger partial charge in [-0.2, -0.15) is 0 Å². The molecule has 3 aromatic carbocycles. The van der Waals surface area contributed by atoms with E-state index in [4.69, 9.17) is 18.9 Å². The van der Waals surface area contributed by atoms with Crippen LogP contribution in [0.15, 0.2) is 54.6 Å². The maximum Gasteiger partial charge on any atom is 0.203 e. The molecule has 0 unspecified atom stereocenters. The maximum atomic E-state index is 12.8. The van der Waals surface area contributed by atoms with Gasteiger partial charge in [-0.05, 0) is 41.1 Å². The molecule has 28 heavy (non-hydrogen) atoms. The van der Waals surface area contributed by atoms with Gasteiger partial charge in [0.1, 0.15) is 5.75 Å². The third-order valence-corrected chi connectivity index (χ3v) is 4.50. The van der Waals surface area contributed by atoms with Gasteiger partial charge in [0.05, 0.1) is 28.4 Å². The molecule has 0 radical (unpaired) electrons. The van der Waals surface area contributed by atoms with Crippen molar-refractivity contribution < 1.29 is 23.7 Å². The van der Waals surface area contributed by atoms with Crippen LogP contribution in [0.2, 0.25) is 0 Å². The average Bonchev–Trinajstić information content (AvgIpc) is 2.75. The number of methoxy groups -OCH3 is 4. The van der Waals surface area contributed by atoms with Crippen molar-refractivity contribution in [3.05, 3.63) is 65.7 Å². The summed E-state index contributed by atoms with van der Waals surface area (Å²) in [4.78, 5) is 12.8. The van der Waals surface area contributed by atoms with Crippen LogP contribution in [0, 0.1) is 0 Å². The van der Waals surface area contributed by atoms with Crippen LogP contribution in [0.1, 0.15) is 15.9 Å². The summed E-state index contributed by atoms with van der Waals surface area (Å²) < 4.78 is 21.4. The Morgan fingerprint density at radius 3 is 2.04 bits per heavy atom. The van der Waals surface area contributed by atoms with Gasteiger partial charge in [0.25, 0.3) is 0 Å². The molecule has 0 saturated heterocycles. The summed E-state index contributed by atoms with van der Waals surface area (Å²) in [6, 6.07) is 15.1. The number of carbonyl (C=O) groups excluding carboxylic acids is 1. The summed E-state index contributed by atoms with van der Waals surface area (Å²) in [5.74, 6) is 1.82. The van der Waals surface area contributed by atoms with Crippen LogP contribution in [0.5, 0.6) is 23.0 Å². The van der Waals surface area contributed by atoms with Crippen molar-refractivity contribution in [3.63, 3.8) is 0 Å². The highest BCUT2D eigenvalue weighted by Crippen LogP contribution is 2.38. The standard InChI is InChI=1S/C23H22O5/c1-25-20-12-9-15-7-5-6-8-17(15)18(20)10-11-19(24)16-13-21(26-2)23(28-4)22(14-16)27-3/h5-14H,1-4H3/b11-10+. The zero-order valence-corrected chi connectivity index (χ0v) is 16.3. The first-order chi connectivity index (χ1) is 13.6. The first-order valence-electron chi connectivity index (χ1n) is 8.71. The van der Waals surface area contributed by atoms with Crippen LogP contribution < -0.4 is 18.9 Å². The molecule has 0 aliphatic carbocycles. The molecule has 0 atom stereocenters. The zero-order chi connectivity index (χ0) is 20.1. The van der Waals surface area contributed by atoms with Crippen molar-refractivity contribution in [2.24, 2.45) is 0 Å². The van der Waals surface area contributed by atoms with E-state index in [1.807, 2.05) is 36.4 Å². The Morgan fingerprint density at radius 2 is 1.43 bits per heavy atom. The normalized spacial score (nSPS) is 10.9. The van der Waals surface area contributed by atoms with E-state index >= 15 is 0 Å². The van der Waals surface area contributed by atoms with Gasteiger partial charge in [-0.25, -0.2) is 0 Å². The van der Waals surface area contributed by atoms with E-state index in [0.29, 0.717) is 28.6 Å². The van der Waals surface area contributed by atoms with Crippen molar-refractivity contribution >= 4 is 22.6 Å². The Morgan fingerprint density at radius 1 is 0.786 bits per heavy atom. The van der Waals surface area contributed by atoms with Gasteiger partial charge in [-0.15, -0.1) is 0 Å². The summed E-state index contributed by atoms with van der Waals surface area (Å²) >= 11 is 0. The van der Waals surface area contributed by atoms with E-state index in [2.05, 4.69) is 0 Å². The summed E-state index contributed by atoms with van der Waals surface area (Å²) in [7, 11) is 6.17. The molecule has 0 bridgehead atoms. The van der Waals surface area contributed by atoms with Crippen LogP contribution in [-0.4, -0.2) is 34.2 Å². The molecule has 144 valence electrons. The summed E-state index contributed by atoms with van der Waals surface area (Å²) in [6.07, 6.45) is 3.29. The van der Waals surface area contributed by atoms with E-state index in [1.54, 1.807) is 25.3 Å². The third-order valence-electron chi connectivity index (χ3n) is 4.50. The Labute approximate surface area is 164 Å². The predicted octanol–water partition coefficient (Wildman–Crippen LogP) is 4.77. The number of carbonyl (C=O) groups is 1. The smallest absolute Gasteiger partial charge is 0.203 e. The lowest BCUT2D eigenvalue weighted by Crippen LogP contribution is -2.00. The Kier molecular flexibility index (Phi) is 5.84. The second-order valence-electron chi connectivity index (χ2n) is 6.01. The van der Waals surface area contributed by atoms with Crippen molar-refractivity contribution in [2.75, 3.05) is 28.4 Å². The van der Waals surface area contributed by atoms with Crippen molar-refractivity contribution in [3.8, 4) is 23.0 Å². The first-order valence-corrected chi connectivity index (χ1v) is 8.71. The summed E-state index contributed by atoms with van der Waals surface area (Å²) in [5, 5.41) is 2.08. The van der Waals surface area contributed by atoms with Crippen molar-refractivity contribution in [1.29, 1.82) is 0 Å². The Balaban J connectivity index is 2.02.